The van der Waals surface area contributed by atoms with E-state index in [0.717, 1.165) is 16.6 Å². The topological polar surface area (TPSA) is 25.8 Å². The van der Waals surface area contributed by atoms with Gasteiger partial charge in [-0.1, -0.05) is 62.5 Å². The van der Waals surface area contributed by atoms with Crippen LogP contribution in [0.5, 0.6) is 0 Å². The molecule has 2 aromatic heterocycles. The third kappa shape index (κ3) is 4.70. The molecule has 0 aliphatic rings. The fourth-order valence-corrected chi connectivity index (χ4v) is 6.83. The van der Waals surface area contributed by atoms with Crippen molar-refractivity contribution in [3.05, 3.63) is 39.6 Å². The van der Waals surface area contributed by atoms with E-state index < -0.39 is 8.80 Å². The first kappa shape index (κ1) is 20.9. The van der Waals surface area contributed by atoms with Crippen LogP contribution in [0.3, 0.4) is 0 Å². The second kappa shape index (κ2) is 8.82. The molecular weight excluding hydrogens is 413 g/mol. The van der Waals surface area contributed by atoms with Crippen molar-refractivity contribution in [3.63, 3.8) is 0 Å². The maximum Gasteiger partial charge on any atom is 0.0961 e. The monoisotopic (exact) mass is 429 g/mol. The first-order valence-corrected chi connectivity index (χ1v) is 9.94. The zero-order valence-corrected chi connectivity index (χ0v) is 17.6. The van der Waals surface area contributed by atoms with E-state index >= 15 is 0 Å². The molecule has 0 aliphatic heterocycles. The molecule has 0 atom stereocenters. The van der Waals surface area contributed by atoms with Crippen LogP contribution in [-0.2, 0) is 16.5 Å². The predicted molar refractivity (Wildman–Crippen MR) is 98.1 cm³/mol. The van der Waals surface area contributed by atoms with Crippen LogP contribution in [0.25, 0.3) is 11.4 Å². The van der Waals surface area contributed by atoms with Crippen LogP contribution >= 0.6 is 34.8 Å². The Kier molecular flexibility index (Phi) is 8.03. The molecule has 0 aromatic carbocycles. The molecule has 0 fully saturated rings. The molecule has 2 nitrogen and oxygen atoms in total. The van der Waals surface area contributed by atoms with Gasteiger partial charge >= 0.3 is 0 Å². The molecule has 2 aromatic rings. The Bertz CT molecular complexity index is 655. The molecule has 23 heavy (non-hydrogen) atoms. The second-order valence-corrected chi connectivity index (χ2v) is 10.7. The van der Waals surface area contributed by atoms with E-state index in [0.29, 0.717) is 26.2 Å². The van der Waals surface area contributed by atoms with E-state index in [1.807, 2.05) is 12.1 Å². The van der Waals surface area contributed by atoms with Gasteiger partial charge in [-0.25, -0.2) is 0 Å². The van der Waals surface area contributed by atoms with Gasteiger partial charge in [0.25, 0.3) is 0 Å². The van der Waals surface area contributed by atoms with Gasteiger partial charge in [0.2, 0.25) is 0 Å². The normalized spacial score (nSPS) is 11.2. The third-order valence-electron chi connectivity index (χ3n) is 3.48. The summed E-state index contributed by atoms with van der Waals surface area (Å²) >= 11 is 18.7. The average molecular weight is 431 g/mol. The van der Waals surface area contributed by atoms with Gasteiger partial charge in [-0.15, -0.1) is 0 Å². The minimum Gasteiger partial charge on any atom is -0.253 e. The third-order valence-corrected chi connectivity index (χ3v) is 8.19. The van der Waals surface area contributed by atoms with Gasteiger partial charge in [0.15, 0.2) is 0 Å². The standard InChI is InChI=1S/C16H18Cl3N2Si.Ni/c1-9(2)22(10(3)4)16-14(19)12(18)8-21-15(16)13-6-5-11(17)7-20-13;/h5-10H,1-4H3;. The molecule has 0 spiro atoms. The molecule has 0 unspecified atom stereocenters. The molecule has 127 valence electrons. The molecule has 2 rings (SSSR count). The van der Waals surface area contributed by atoms with Crippen LogP contribution in [0.4, 0.5) is 0 Å². The van der Waals surface area contributed by atoms with Crippen molar-refractivity contribution in [2.24, 2.45) is 0 Å². The maximum absolute atomic E-state index is 6.56. The smallest absolute Gasteiger partial charge is 0.0961 e. The summed E-state index contributed by atoms with van der Waals surface area (Å²) in [5, 5.41) is 2.78. The van der Waals surface area contributed by atoms with Crippen LogP contribution in [-0.4, -0.2) is 18.8 Å². The summed E-state index contributed by atoms with van der Waals surface area (Å²) in [5.41, 5.74) is 2.62. The van der Waals surface area contributed by atoms with Crippen molar-refractivity contribution >= 4 is 48.8 Å². The van der Waals surface area contributed by atoms with Crippen molar-refractivity contribution in [3.8, 4) is 11.4 Å². The summed E-state index contributed by atoms with van der Waals surface area (Å²) in [5.74, 6) is 0. The Morgan fingerprint density at radius 1 is 0.913 bits per heavy atom. The van der Waals surface area contributed by atoms with Crippen molar-refractivity contribution < 1.29 is 16.5 Å². The van der Waals surface area contributed by atoms with Crippen molar-refractivity contribution in [1.82, 2.24) is 9.97 Å². The minimum absolute atomic E-state index is 0. The molecule has 0 saturated carbocycles. The van der Waals surface area contributed by atoms with Crippen LogP contribution in [0.2, 0.25) is 26.2 Å². The van der Waals surface area contributed by atoms with Crippen LogP contribution in [0, 0.1) is 0 Å². The van der Waals surface area contributed by atoms with E-state index in [9.17, 15) is 0 Å². The van der Waals surface area contributed by atoms with E-state index in [1.54, 1.807) is 12.4 Å². The Morgan fingerprint density at radius 2 is 1.52 bits per heavy atom. The molecule has 1 radical (unpaired) electrons. The molecule has 0 bridgehead atoms. The molecule has 0 aliphatic carbocycles. The number of rotatable bonds is 4. The molecule has 0 saturated heterocycles. The summed E-state index contributed by atoms with van der Waals surface area (Å²) in [6, 6.07) is 3.69. The van der Waals surface area contributed by atoms with E-state index in [1.165, 1.54) is 0 Å². The summed E-state index contributed by atoms with van der Waals surface area (Å²) in [4.78, 5) is 8.93. The first-order chi connectivity index (χ1) is 10.3. The van der Waals surface area contributed by atoms with Crippen LogP contribution < -0.4 is 5.19 Å². The van der Waals surface area contributed by atoms with Gasteiger partial charge < -0.3 is 0 Å². The first-order valence-electron chi connectivity index (χ1n) is 7.16. The number of hydrogen-bond acceptors (Lipinski definition) is 2. The molecular formula is C16H18Cl3N2NiSi. The number of nitrogens with zero attached hydrogens (tertiary/aromatic N) is 2. The van der Waals surface area contributed by atoms with E-state index in [2.05, 4.69) is 37.7 Å². The molecule has 0 N–H and O–H groups in total. The van der Waals surface area contributed by atoms with Gasteiger partial charge in [0, 0.05) is 28.9 Å². The fourth-order valence-electron chi connectivity index (χ4n) is 2.68. The van der Waals surface area contributed by atoms with E-state index in [-0.39, 0.29) is 16.5 Å². The second-order valence-electron chi connectivity index (χ2n) is 5.77. The quantitative estimate of drug-likeness (QED) is 0.587. The fraction of sp³-hybridized carbons (Fsp3) is 0.375. The van der Waals surface area contributed by atoms with E-state index in [4.69, 9.17) is 34.8 Å². The van der Waals surface area contributed by atoms with Gasteiger partial charge in [-0.3, -0.25) is 9.97 Å². The molecule has 0 amide bonds. The van der Waals surface area contributed by atoms with Crippen molar-refractivity contribution in [2.45, 2.75) is 38.8 Å². The minimum atomic E-state index is -0.947. The average Bonchev–Trinajstić information content (AvgIpc) is 2.44. The summed E-state index contributed by atoms with van der Waals surface area (Å²) in [6.07, 6.45) is 3.22. The Hall–Kier alpha value is -0.120. The maximum atomic E-state index is 6.56. The SMILES string of the molecule is CC(C)[Si](c1c(-c2ccc(Cl)cn2)ncc(Cl)c1Cl)C(C)C.[Ni]. The molecule has 7 heteroatoms. The number of pyridine rings is 2. The predicted octanol–water partition coefficient (Wildman–Crippen LogP) is 5.62. The zero-order valence-electron chi connectivity index (χ0n) is 13.3. The van der Waals surface area contributed by atoms with Crippen LogP contribution in [0.1, 0.15) is 27.7 Å². The number of aromatic nitrogens is 2. The van der Waals surface area contributed by atoms with Gasteiger partial charge in [-0.05, 0) is 28.4 Å². The Balaban J connectivity index is 0.00000264. The van der Waals surface area contributed by atoms with Gasteiger partial charge in [-0.2, -0.15) is 0 Å². The Labute approximate surface area is 164 Å². The van der Waals surface area contributed by atoms with Gasteiger partial charge in [0.05, 0.1) is 35.3 Å². The largest absolute Gasteiger partial charge is 0.253 e. The van der Waals surface area contributed by atoms with Crippen molar-refractivity contribution in [1.29, 1.82) is 0 Å². The summed E-state index contributed by atoms with van der Waals surface area (Å²) in [7, 11) is -0.947. The summed E-state index contributed by atoms with van der Waals surface area (Å²) < 4.78 is 0. The van der Waals surface area contributed by atoms with Crippen molar-refractivity contribution in [2.75, 3.05) is 0 Å². The Morgan fingerprint density at radius 3 is 2.00 bits per heavy atom. The van der Waals surface area contributed by atoms with Gasteiger partial charge in [0.1, 0.15) is 0 Å². The zero-order chi connectivity index (χ0) is 16.4. The molecule has 2 heterocycles. The van der Waals surface area contributed by atoms with Crippen LogP contribution in [0.15, 0.2) is 24.5 Å². The summed E-state index contributed by atoms with van der Waals surface area (Å²) in [6.45, 7) is 8.91. The number of halogens is 3. The number of hydrogen-bond donors (Lipinski definition) is 0.